The Kier molecular flexibility index (Phi) is 4.67. The first-order valence-corrected chi connectivity index (χ1v) is 9.02. The molecule has 0 saturated carbocycles. The number of hydrogen-bond acceptors (Lipinski definition) is 5. The summed E-state index contributed by atoms with van der Waals surface area (Å²) in [6.07, 6.45) is 5.30. The normalized spacial score (nSPS) is 20.5. The molecule has 1 saturated heterocycles. The number of nitrogens with zero attached hydrogens (tertiary/aromatic N) is 5. The van der Waals surface area contributed by atoms with Crippen molar-refractivity contribution in [1.29, 1.82) is 0 Å². The number of amides is 1. The van der Waals surface area contributed by atoms with Gasteiger partial charge in [-0.15, -0.1) is 0 Å². The van der Waals surface area contributed by atoms with Crippen molar-refractivity contribution in [3.63, 3.8) is 0 Å². The van der Waals surface area contributed by atoms with E-state index in [4.69, 9.17) is 4.74 Å². The fourth-order valence-corrected chi connectivity index (χ4v) is 3.70. The number of hydrogen-bond donors (Lipinski definition) is 1. The second kappa shape index (κ2) is 7.13. The van der Waals surface area contributed by atoms with Crippen molar-refractivity contribution in [3.8, 4) is 0 Å². The van der Waals surface area contributed by atoms with Gasteiger partial charge in [0.15, 0.2) is 0 Å². The summed E-state index contributed by atoms with van der Waals surface area (Å²) in [5.41, 5.74) is 3.34. The third-order valence-corrected chi connectivity index (χ3v) is 4.89. The maximum Gasteiger partial charge on any atom is 0.254 e. The fraction of sp³-hybridized carbons (Fsp3) is 0.421. The molecular weight excluding hydrogens is 344 g/mol. The maximum absolute atomic E-state index is 13.4. The number of fused-ring (bicyclic) bond motifs is 1. The Morgan fingerprint density at radius 1 is 1.41 bits per heavy atom. The zero-order valence-electron chi connectivity index (χ0n) is 15.8. The minimum atomic E-state index is -0.181. The number of carbonyl (C=O) groups is 1. The summed E-state index contributed by atoms with van der Waals surface area (Å²) in [6, 6.07) is 5.39. The van der Waals surface area contributed by atoms with E-state index in [2.05, 4.69) is 20.0 Å². The average molecular weight is 368 g/mol. The third-order valence-electron chi connectivity index (χ3n) is 4.89. The lowest BCUT2D eigenvalue weighted by Gasteiger charge is -2.41. The van der Waals surface area contributed by atoms with Gasteiger partial charge in [-0.1, -0.05) is 0 Å². The molecule has 1 aliphatic heterocycles. The zero-order chi connectivity index (χ0) is 19.0. The van der Waals surface area contributed by atoms with E-state index in [0.717, 1.165) is 23.1 Å². The molecule has 3 heterocycles. The molecular formula is C19H24N6O2. The van der Waals surface area contributed by atoms with E-state index in [1.807, 2.05) is 56.6 Å². The van der Waals surface area contributed by atoms with Crippen molar-refractivity contribution in [3.05, 3.63) is 48.0 Å². The van der Waals surface area contributed by atoms with E-state index < -0.39 is 0 Å². The number of carbonyl (C=O) groups excluding carboxylic acids is 1. The standard InChI is InChI=1S/C19H24N6O2/c1-23(2)11-17-18(14-9-22-24(3)10-14)25(6-7-27-17)19(26)13-4-5-15-16(8-13)21-12-20-15/h4-5,8-10,12,17-18H,6-7,11H2,1-3H3,(H,20,21)/t17-,18-/m0/s1. The van der Waals surface area contributed by atoms with Crippen molar-refractivity contribution in [1.82, 2.24) is 29.5 Å². The van der Waals surface area contributed by atoms with Crippen LogP contribution in [-0.4, -0.2) is 75.4 Å². The first-order chi connectivity index (χ1) is 13.0. The second-order valence-electron chi connectivity index (χ2n) is 7.20. The molecule has 0 aliphatic carbocycles. The lowest BCUT2D eigenvalue weighted by molar-refractivity contribution is -0.0684. The van der Waals surface area contributed by atoms with Gasteiger partial charge in [0.05, 0.1) is 42.3 Å². The van der Waals surface area contributed by atoms with Crippen LogP contribution in [0.25, 0.3) is 11.0 Å². The predicted octanol–water partition coefficient (Wildman–Crippen LogP) is 1.44. The number of benzene rings is 1. The summed E-state index contributed by atoms with van der Waals surface area (Å²) in [5.74, 6) is -0.00703. The Labute approximate surface area is 157 Å². The van der Waals surface area contributed by atoms with Gasteiger partial charge in [0, 0.05) is 37.5 Å². The van der Waals surface area contributed by atoms with E-state index in [-0.39, 0.29) is 18.1 Å². The highest BCUT2D eigenvalue weighted by Crippen LogP contribution is 2.31. The van der Waals surface area contributed by atoms with Crippen LogP contribution in [0.2, 0.25) is 0 Å². The van der Waals surface area contributed by atoms with Gasteiger partial charge >= 0.3 is 0 Å². The van der Waals surface area contributed by atoms with Gasteiger partial charge in [-0.3, -0.25) is 9.48 Å². The van der Waals surface area contributed by atoms with Crippen LogP contribution in [0.15, 0.2) is 36.9 Å². The minimum absolute atomic E-state index is 0.00703. The molecule has 8 nitrogen and oxygen atoms in total. The van der Waals surface area contributed by atoms with Crippen LogP contribution in [0.3, 0.4) is 0 Å². The number of aryl methyl sites for hydroxylation is 1. The van der Waals surface area contributed by atoms with Crippen LogP contribution < -0.4 is 0 Å². The lowest BCUT2D eigenvalue weighted by atomic mass is 9.99. The highest BCUT2D eigenvalue weighted by atomic mass is 16.5. The minimum Gasteiger partial charge on any atom is -0.373 e. The number of rotatable bonds is 4. The van der Waals surface area contributed by atoms with Gasteiger partial charge in [-0.05, 0) is 32.3 Å². The molecule has 0 radical (unpaired) electrons. The number of nitrogens with one attached hydrogen (secondary N) is 1. The highest BCUT2D eigenvalue weighted by Gasteiger charge is 2.37. The van der Waals surface area contributed by atoms with Gasteiger partial charge in [-0.2, -0.15) is 5.10 Å². The second-order valence-corrected chi connectivity index (χ2v) is 7.20. The number of likely N-dealkylation sites (N-methyl/N-ethyl adjacent to an activating group) is 1. The first kappa shape index (κ1) is 17.7. The SMILES string of the molecule is CN(C)C[C@@H]1OCCN(C(=O)c2ccc3nc[nH]c3c2)[C@H]1c1cnn(C)c1. The molecule has 142 valence electrons. The predicted molar refractivity (Wildman–Crippen MR) is 101 cm³/mol. The Morgan fingerprint density at radius 3 is 3.00 bits per heavy atom. The summed E-state index contributed by atoms with van der Waals surface area (Å²) >= 11 is 0. The third kappa shape index (κ3) is 3.45. The number of aromatic nitrogens is 4. The van der Waals surface area contributed by atoms with E-state index in [1.54, 1.807) is 11.0 Å². The van der Waals surface area contributed by atoms with E-state index in [0.29, 0.717) is 18.7 Å². The van der Waals surface area contributed by atoms with Crippen molar-refractivity contribution in [2.75, 3.05) is 33.8 Å². The van der Waals surface area contributed by atoms with Crippen LogP contribution in [0.1, 0.15) is 22.0 Å². The Balaban J connectivity index is 1.69. The van der Waals surface area contributed by atoms with Crippen LogP contribution in [0, 0.1) is 0 Å². The first-order valence-electron chi connectivity index (χ1n) is 9.02. The van der Waals surface area contributed by atoms with Crippen molar-refractivity contribution >= 4 is 16.9 Å². The van der Waals surface area contributed by atoms with Crippen molar-refractivity contribution in [2.45, 2.75) is 12.1 Å². The fourth-order valence-electron chi connectivity index (χ4n) is 3.70. The summed E-state index contributed by atoms with van der Waals surface area (Å²) < 4.78 is 7.81. The molecule has 1 amide bonds. The number of imidazole rings is 1. The van der Waals surface area contributed by atoms with Gasteiger partial charge in [0.2, 0.25) is 0 Å². The number of ether oxygens (including phenoxy) is 1. The number of morpholine rings is 1. The van der Waals surface area contributed by atoms with Crippen LogP contribution >= 0.6 is 0 Å². The molecule has 1 aromatic carbocycles. The molecule has 1 N–H and O–H groups in total. The quantitative estimate of drug-likeness (QED) is 0.754. The molecule has 0 spiro atoms. The van der Waals surface area contributed by atoms with E-state index in [1.165, 1.54) is 0 Å². The maximum atomic E-state index is 13.4. The van der Waals surface area contributed by atoms with Crippen LogP contribution in [-0.2, 0) is 11.8 Å². The molecule has 3 aromatic rings. The molecule has 0 unspecified atom stereocenters. The zero-order valence-corrected chi connectivity index (χ0v) is 15.8. The molecule has 2 atom stereocenters. The summed E-state index contributed by atoms with van der Waals surface area (Å²) in [6.45, 7) is 1.79. The summed E-state index contributed by atoms with van der Waals surface area (Å²) in [4.78, 5) is 24.7. The van der Waals surface area contributed by atoms with E-state index >= 15 is 0 Å². The smallest absolute Gasteiger partial charge is 0.254 e. The van der Waals surface area contributed by atoms with Crippen molar-refractivity contribution < 1.29 is 9.53 Å². The molecule has 8 heteroatoms. The molecule has 1 aliphatic rings. The average Bonchev–Trinajstić information content (AvgIpc) is 3.28. The van der Waals surface area contributed by atoms with E-state index in [9.17, 15) is 4.79 Å². The topological polar surface area (TPSA) is 79.3 Å². The van der Waals surface area contributed by atoms with Gasteiger partial charge in [-0.25, -0.2) is 4.98 Å². The Bertz CT molecular complexity index is 946. The van der Waals surface area contributed by atoms with Gasteiger partial charge < -0.3 is 19.5 Å². The number of aromatic amines is 1. The molecule has 1 fully saturated rings. The molecule has 27 heavy (non-hydrogen) atoms. The largest absolute Gasteiger partial charge is 0.373 e. The van der Waals surface area contributed by atoms with Crippen LogP contribution in [0.4, 0.5) is 0 Å². The lowest BCUT2D eigenvalue weighted by Crippen LogP contribution is -2.51. The highest BCUT2D eigenvalue weighted by molar-refractivity contribution is 5.97. The Hall–Kier alpha value is -2.71. The molecule has 0 bridgehead atoms. The molecule has 2 aromatic heterocycles. The summed E-state index contributed by atoms with van der Waals surface area (Å²) in [5, 5.41) is 4.30. The van der Waals surface area contributed by atoms with Gasteiger partial charge in [0.1, 0.15) is 0 Å². The number of H-pyrrole nitrogens is 1. The van der Waals surface area contributed by atoms with Gasteiger partial charge in [0.25, 0.3) is 5.91 Å². The molecule has 4 rings (SSSR count). The monoisotopic (exact) mass is 368 g/mol. The Morgan fingerprint density at radius 2 is 2.26 bits per heavy atom. The summed E-state index contributed by atoms with van der Waals surface area (Å²) in [7, 11) is 5.90. The van der Waals surface area contributed by atoms with Crippen LogP contribution in [0.5, 0.6) is 0 Å². The van der Waals surface area contributed by atoms with Crippen molar-refractivity contribution in [2.24, 2.45) is 7.05 Å².